The van der Waals surface area contributed by atoms with Gasteiger partial charge in [-0.1, -0.05) is 12.1 Å². The van der Waals surface area contributed by atoms with Gasteiger partial charge in [-0.15, -0.1) is 0 Å². The molecule has 0 saturated heterocycles. The Kier molecular flexibility index (Phi) is 4.18. The predicted molar refractivity (Wildman–Crippen MR) is 76.9 cm³/mol. The topological polar surface area (TPSA) is 92.1 Å². The molecule has 6 heteroatoms. The van der Waals surface area contributed by atoms with Gasteiger partial charge in [-0.2, -0.15) is 0 Å². The first-order valence-corrected chi connectivity index (χ1v) is 6.16. The molecule has 0 atom stereocenters. The molecule has 1 aromatic heterocycles. The Morgan fingerprint density at radius 2 is 2.00 bits per heavy atom. The van der Waals surface area contributed by atoms with Gasteiger partial charge in [0.2, 0.25) is 5.78 Å². The van der Waals surface area contributed by atoms with Crippen molar-refractivity contribution in [3.05, 3.63) is 71.5 Å². The number of aromatic nitrogens is 1. The summed E-state index contributed by atoms with van der Waals surface area (Å²) in [5.74, 6) is -1.93. The number of aliphatic hydroxyl groups excluding tert-OH is 1. The van der Waals surface area contributed by atoms with Gasteiger partial charge in [0, 0.05) is 18.8 Å². The van der Waals surface area contributed by atoms with Gasteiger partial charge >= 0.3 is 0 Å². The third-order valence-corrected chi connectivity index (χ3v) is 2.89. The molecule has 0 bridgehead atoms. The van der Waals surface area contributed by atoms with Crippen LogP contribution in [0.1, 0.15) is 16.1 Å². The molecule has 0 amide bonds. The largest absolute Gasteiger partial charge is 0.504 e. The van der Waals surface area contributed by atoms with Gasteiger partial charge < -0.3 is 15.4 Å². The molecule has 2 aromatic rings. The van der Waals surface area contributed by atoms with Crippen molar-refractivity contribution in [3.8, 4) is 0 Å². The van der Waals surface area contributed by atoms with Crippen LogP contribution in [-0.2, 0) is 6.54 Å². The first-order valence-electron chi connectivity index (χ1n) is 6.16. The van der Waals surface area contributed by atoms with Crippen LogP contribution >= 0.6 is 0 Å². The summed E-state index contributed by atoms with van der Waals surface area (Å²) in [4.78, 5) is 12.0. The average molecular weight is 287 g/mol. The highest BCUT2D eigenvalue weighted by molar-refractivity contribution is 6.08. The number of rotatable bonds is 5. The van der Waals surface area contributed by atoms with E-state index in [0.29, 0.717) is 12.2 Å². The first kappa shape index (κ1) is 14.5. The smallest absolute Gasteiger partial charge is 0.206 e. The highest BCUT2D eigenvalue weighted by Gasteiger charge is 2.11. The predicted octanol–water partition coefficient (Wildman–Crippen LogP) is 2.24. The molecule has 0 saturated carbocycles. The molecule has 108 valence electrons. The van der Waals surface area contributed by atoms with Crippen molar-refractivity contribution in [3.63, 3.8) is 0 Å². The Balaban J connectivity index is 2.22. The number of amidine groups is 1. The summed E-state index contributed by atoms with van der Waals surface area (Å²) in [7, 11) is 0. The lowest BCUT2D eigenvalue weighted by Gasteiger charge is -2.07. The summed E-state index contributed by atoms with van der Waals surface area (Å²) in [5.41, 5.74) is 6.26. The minimum Gasteiger partial charge on any atom is -0.504 e. The maximum Gasteiger partial charge on any atom is 0.206 e. The van der Waals surface area contributed by atoms with E-state index in [1.54, 1.807) is 35.0 Å². The summed E-state index contributed by atoms with van der Waals surface area (Å²) in [6.45, 7) is 0.392. The summed E-state index contributed by atoms with van der Waals surface area (Å²) in [6, 6.07) is 9.24. The van der Waals surface area contributed by atoms with Crippen molar-refractivity contribution in [2.24, 2.45) is 5.73 Å². The Hall–Kier alpha value is -2.89. The Morgan fingerprint density at radius 1 is 1.33 bits per heavy atom. The molecule has 4 N–H and O–H groups in total. The minimum atomic E-state index is -0.575. The lowest BCUT2D eigenvalue weighted by molar-refractivity contribution is 0.103. The minimum absolute atomic E-state index is 0.322. The van der Waals surface area contributed by atoms with Crippen molar-refractivity contribution >= 4 is 11.6 Å². The van der Waals surface area contributed by atoms with E-state index in [4.69, 9.17) is 11.1 Å². The van der Waals surface area contributed by atoms with Gasteiger partial charge in [-0.3, -0.25) is 10.2 Å². The summed E-state index contributed by atoms with van der Waals surface area (Å²) >= 11 is 0. The van der Waals surface area contributed by atoms with E-state index in [2.05, 4.69) is 0 Å². The van der Waals surface area contributed by atoms with Crippen molar-refractivity contribution < 1.29 is 14.3 Å². The zero-order valence-corrected chi connectivity index (χ0v) is 11.1. The van der Waals surface area contributed by atoms with Crippen molar-refractivity contribution in [2.75, 3.05) is 0 Å². The van der Waals surface area contributed by atoms with Crippen LogP contribution in [0, 0.1) is 11.2 Å². The Bertz CT molecular complexity index is 702. The molecular formula is C15H14FN3O2. The van der Waals surface area contributed by atoms with Crippen molar-refractivity contribution in [1.29, 1.82) is 5.41 Å². The molecule has 0 aliphatic heterocycles. The molecule has 0 radical (unpaired) electrons. The Labute approximate surface area is 120 Å². The van der Waals surface area contributed by atoms with Crippen LogP contribution in [0.5, 0.6) is 0 Å². The molecular weight excluding hydrogens is 273 g/mol. The second kappa shape index (κ2) is 6.04. The fourth-order valence-corrected chi connectivity index (χ4v) is 1.84. The van der Waals surface area contributed by atoms with Gasteiger partial charge in [-0.05, 0) is 29.8 Å². The fraction of sp³-hybridized carbons (Fsp3) is 0.0667. The van der Waals surface area contributed by atoms with Crippen LogP contribution < -0.4 is 5.73 Å². The molecule has 2 rings (SSSR count). The number of benzene rings is 1. The van der Waals surface area contributed by atoms with E-state index in [-0.39, 0.29) is 5.82 Å². The second-order valence-electron chi connectivity index (χ2n) is 4.46. The number of hydrogen-bond acceptors (Lipinski definition) is 3. The van der Waals surface area contributed by atoms with Gasteiger partial charge in [0.1, 0.15) is 5.82 Å². The lowest BCUT2D eigenvalue weighted by Crippen LogP contribution is -2.15. The van der Waals surface area contributed by atoms with Crippen LogP contribution in [0.4, 0.5) is 4.39 Å². The quantitative estimate of drug-likeness (QED) is 0.259. The second-order valence-corrected chi connectivity index (χ2v) is 4.46. The first-order chi connectivity index (χ1) is 9.97. The van der Waals surface area contributed by atoms with E-state index >= 15 is 0 Å². The van der Waals surface area contributed by atoms with Crippen LogP contribution in [-0.4, -0.2) is 21.3 Å². The lowest BCUT2D eigenvalue weighted by atomic mass is 10.2. The highest BCUT2D eigenvalue weighted by Crippen LogP contribution is 2.10. The fourth-order valence-electron chi connectivity index (χ4n) is 1.84. The van der Waals surface area contributed by atoms with E-state index in [1.165, 1.54) is 12.1 Å². The van der Waals surface area contributed by atoms with E-state index in [9.17, 15) is 14.3 Å². The van der Waals surface area contributed by atoms with Crippen molar-refractivity contribution in [2.45, 2.75) is 6.54 Å². The summed E-state index contributed by atoms with van der Waals surface area (Å²) < 4.78 is 14.5. The van der Waals surface area contributed by atoms with Crippen LogP contribution in [0.3, 0.4) is 0 Å². The van der Waals surface area contributed by atoms with Crippen LogP contribution in [0.2, 0.25) is 0 Å². The highest BCUT2D eigenvalue weighted by atomic mass is 19.1. The molecule has 0 aliphatic rings. The van der Waals surface area contributed by atoms with Gasteiger partial charge in [0.05, 0.1) is 5.69 Å². The number of nitrogens with two attached hydrogens (primary N) is 1. The van der Waals surface area contributed by atoms with Crippen molar-refractivity contribution in [1.82, 2.24) is 4.57 Å². The number of aliphatic hydroxyl groups is 1. The average Bonchev–Trinajstić information content (AvgIpc) is 2.89. The third-order valence-electron chi connectivity index (χ3n) is 2.89. The molecule has 1 heterocycles. The molecule has 5 nitrogen and oxygen atoms in total. The molecule has 0 aliphatic carbocycles. The summed E-state index contributed by atoms with van der Waals surface area (Å²) in [6.07, 6.45) is 2.61. The van der Waals surface area contributed by atoms with E-state index in [1.807, 2.05) is 0 Å². The SMILES string of the molecule is N=C(N)/C(O)=C/C(=O)c1cccn1Cc1ccc(F)cc1. The third kappa shape index (κ3) is 3.56. The van der Waals surface area contributed by atoms with E-state index in [0.717, 1.165) is 11.6 Å². The number of hydrogen-bond donors (Lipinski definition) is 3. The number of carbonyl (C=O) groups is 1. The van der Waals surface area contributed by atoms with Gasteiger partial charge in [0.15, 0.2) is 11.6 Å². The summed E-state index contributed by atoms with van der Waals surface area (Å²) in [5, 5.41) is 16.4. The molecule has 21 heavy (non-hydrogen) atoms. The molecule has 0 unspecified atom stereocenters. The Morgan fingerprint density at radius 3 is 2.62 bits per heavy atom. The zero-order chi connectivity index (χ0) is 15.4. The zero-order valence-electron chi connectivity index (χ0n) is 11.1. The number of nitrogens with one attached hydrogen (secondary N) is 1. The number of allylic oxidation sites excluding steroid dienone is 1. The number of halogens is 1. The number of nitrogens with zero attached hydrogens (tertiary/aromatic N) is 1. The number of ketones is 1. The van der Waals surface area contributed by atoms with Crippen LogP contribution in [0.15, 0.2) is 54.4 Å². The maximum absolute atomic E-state index is 12.9. The monoisotopic (exact) mass is 287 g/mol. The number of carbonyl (C=O) groups excluding carboxylic acids is 1. The molecule has 0 fully saturated rings. The molecule has 0 spiro atoms. The van der Waals surface area contributed by atoms with E-state index < -0.39 is 17.4 Å². The van der Waals surface area contributed by atoms with Gasteiger partial charge in [-0.25, -0.2) is 4.39 Å². The van der Waals surface area contributed by atoms with Crippen LogP contribution in [0.25, 0.3) is 0 Å². The van der Waals surface area contributed by atoms with Gasteiger partial charge in [0.25, 0.3) is 0 Å². The standard InChI is InChI=1S/C15H14FN3O2/c16-11-5-3-10(4-6-11)9-19-7-1-2-12(19)13(20)8-14(21)15(17)18/h1-8,21H,9H2,(H3,17,18)/b14-8-. The normalized spacial score (nSPS) is 11.4. The maximum atomic E-state index is 12.9. The molecule has 1 aromatic carbocycles.